The molecule has 0 aliphatic heterocycles. The van der Waals surface area contributed by atoms with Gasteiger partial charge in [-0.2, -0.15) is 0 Å². The van der Waals surface area contributed by atoms with Crippen LogP contribution < -0.4 is 0 Å². The predicted octanol–water partition coefficient (Wildman–Crippen LogP) is 1.98. The molecular weight excluding hydrogens is 248 g/mol. The van der Waals surface area contributed by atoms with Crippen LogP contribution in [0.15, 0.2) is 10.5 Å². The average molecular weight is 264 g/mol. The van der Waals surface area contributed by atoms with Crippen LogP contribution in [0.2, 0.25) is 0 Å². The lowest BCUT2D eigenvalue weighted by atomic mass is 10.1. The van der Waals surface area contributed by atoms with Gasteiger partial charge < -0.3 is 9.52 Å². The summed E-state index contributed by atoms with van der Waals surface area (Å²) < 4.78 is 7.02. The molecule has 0 bridgehead atoms. The molecule has 0 radical (unpaired) electrons. The number of hydrogen-bond donors (Lipinski definition) is 1. The van der Waals surface area contributed by atoms with Gasteiger partial charge in [-0.1, -0.05) is 6.92 Å². The van der Waals surface area contributed by atoms with Crippen LogP contribution in [0.3, 0.4) is 0 Å². The Morgan fingerprint density at radius 3 is 2.79 bits per heavy atom. The number of carboxylic acids is 1. The first-order chi connectivity index (χ1) is 9.02. The van der Waals surface area contributed by atoms with Gasteiger partial charge >= 0.3 is 5.97 Å². The van der Waals surface area contributed by atoms with Gasteiger partial charge in [0.2, 0.25) is 0 Å². The summed E-state index contributed by atoms with van der Waals surface area (Å²) in [6, 6.07) is 1.59. The van der Waals surface area contributed by atoms with E-state index in [-0.39, 0.29) is 12.5 Å². The summed E-state index contributed by atoms with van der Waals surface area (Å²) in [5.41, 5.74) is 0.798. The molecule has 0 fully saturated rings. The summed E-state index contributed by atoms with van der Waals surface area (Å²) in [4.78, 5) is 10.9. The van der Waals surface area contributed by atoms with Crippen LogP contribution in [0.1, 0.15) is 37.3 Å². The molecule has 0 aromatic carbocycles. The maximum atomic E-state index is 10.9. The van der Waals surface area contributed by atoms with E-state index in [1.165, 1.54) is 0 Å². The van der Waals surface area contributed by atoms with E-state index in [4.69, 9.17) is 9.52 Å². The largest absolute Gasteiger partial charge is 0.481 e. The second kappa shape index (κ2) is 5.21. The van der Waals surface area contributed by atoms with E-state index in [2.05, 4.69) is 15.5 Å². The highest BCUT2D eigenvalue weighted by Crippen LogP contribution is 2.27. The van der Waals surface area contributed by atoms with E-state index in [0.29, 0.717) is 12.2 Å². The topological polar surface area (TPSA) is 94.0 Å². The SMILES string of the molecule is CCC(CC(=O)O)n1nnnc1-c1cc(C)oc1C. The van der Waals surface area contributed by atoms with Crippen molar-refractivity contribution in [3.8, 4) is 11.4 Å². The predicted molar refractivity (Wildman–Crippen MR) is 66.6 cm³/mol. The molecule has 0 aliphatic carbocycles. The fraction of sp³-hybridized carbons (Fsp3) is 0.500. The molecule has 7 nitrogen and oxygen atoms in total. The third-order valence-electron chi connectivity index (χ3n) is 3.00. The molecular formula is C12H16N4O3. The minimum absolute atomic E-state index is 0.00950. The first kappa shape index (κ1) is 13.3. The van der Waals surface area contributed by atoms with Gasteiger partial charge in [-0.3, -0.25) is 4.79 Å². The minimum atomic E-state index is -0.867. The number of aliphatic carboxylic acids is 1. The summed E-state index contributed by atoms with van der Waals surface area (Å²) in [6.45, 7) is 5.59. The summed E-state index contributed by atoms with van der Waals surface area (Å²) in [6.07, 6.45) is 0.630. The Balaban J connectivity index is 2.41. The van der Waals surface area contributed by atoms with Gasteiger partial charge in [-0.05, 0) is 36.8 Å². The maximum absolute atomic E-state index is 10.9. The van der Waals surface area contributed by atoms with Crippen molar-refractivity contribution in [2.24, 2.45) is 0 Å². The van der Waals surface area contributed by atoms with Crippen molar-refractivity contribution in [1.29, 1.82) is 0 Å². The van der Waals surface area contributed by atoms with E-state index < -0.39 is 5.97 Å². The third-order valence-corrected chi connectivity index (χ3v) is 3.00. The summed E-state index contributed by atoms with van der Waals surface area (Å²) >= 11 is 0. The van der Waals surface area contributed by atoms with E-state index in [1.807, 2.05) is 26.8 Å². The van der Waals surface area contributed by atoms with Crippen LogP contribution >= 0.6 is 0 Å². The zero-order chi connectivity index (χ0) is 14.0. The van der Waals surface area contributed by atoms with Crippen LogP contribution in [0, 0.1) is 13.8 Å². The Kier molecular flexibility index (Phi) is 3.64. The molecule has 0 saturated carbocycles. The standard InChI is InChI=1S/C12H16N4O3/c1-4-9(6-11(17)18)16-12(13-14-15-16)10-5-7(2)19-8(10)3/h5,9H,4,6H2,1-3H3,(H,17,18). The molecule has 2 aromatic heterocycles. The van der Waals surface area contributed by atoms with Gasteiger partial charge in [0.1, 0.15) is 11.5 Å². The lowest BCUT2D eigenvalue weighted by molar-refractivity contribution is -0.138. The number of rotatable bonds is 5. The zero-order valence-electron chi connectivity index (χ0n) is 11.1. The number of furan rings is 1. The van der Waals surface area contributed by atoms with Crippen molar-refractivity contribution in [2.75, 3.05) is 0 Å². The normalized spacial score (nSPS) is 12.6. The number of nitrogens with zero attached hydrogens (tertiary/aromatic N) is 4. The Morgan fingerprint density at radius 1 is 1.53 bits per heavy atom. The molecule has 1 unspecified atom stereocenters. The number of hydrogen-bond acceptors (Lipinski definition) is 5. The second-order valence-corrected chi connectivity index (χ2v) is 4.43. The quantitative estimate of drug-likeness (QED) is 0.887. The van der Waals surface area contributed by atoms with Gasteiger partial charge in [-0.25, -0.2) is 4.68 Å². The molecule has 0 saturated heterocycles. The van der Waals surface area contributed by atoms with Crippen LogP contribution in [0.25, 0.3) is 11.4 Å². The van der Waals surface area contributed by atoms with Crippen molar-refractivity contribution in [2.45, 2.75) is 39.7 Å². The fourth-order valence-corrected chi connectivity index (χ4v) is 2.08. The first-order valence-corrected chi connectivity index (χ1v) is 6.10. The monoisotopic (exact) mass is 264 g/mol. The molecule has 1 N–H and O–H groups in total. The summed E-state index contributed by atoms with van der Waals surface area (Å²) in [5.74, 6) is 1.17. The number of carboxylic acid groups (broad SMARTS) is 1. The summed E-state index contributed by atoms with van der Waals surface area (Å²) in [5, 5.41) is 20.5. The van der Waals surface area contributed by atoms with Crippen molar-refractivity contribution in [3.05, 3.63) is 17.6 Å². The van der Waals surface area contributed by atoms with Crippen molar-refractivity contribution < 1.29 is 14.3 Å². The Labute approximate surface area is 110 Å². The molecule has 2 heterocycles. The van der Waals surface area contributed by atoms with Crippen LogP contribution in [-0.4, -0.2) is 31.3 Å². The summed E-state index contributed by atoms with van der Waals surface area (Å²) in [7, 11) is 0. The highest BCUT2D eigenvalue weighted by Gasteiger charge is 2.22. The van der Waals surface area contributed by atoms with E-state index >= 15 is 0 Å². The average Bonchev–Trinajstić information content (AvgIpc) is 2.92. The second-order valence-electron chi connectivity index (χ2n) is 4.43. The number of aromatic nitrogens is 4. The molecule has 102 valence electrons. The smallest absolute Gasteiger partial charge is 0.305 e. The first-order valence-electron chi connectivity index (χ1n) is 6.10. The Hall–Kier alpha value is -2.18. The number of aryl methyl sites for hydroxylation is 2. The van der Waals surface area contributed by atoms with E-state index in [9.17, 15) is 4.79 Å². The zero-order valence-corrected chi connectivity index (χ0v) is 11.1. The molecule has 7 heteroatoms. The van der Waals surface area contributed by atoms with E-state index in [1.54, 1.807) is 4.68 Å². The highest BCUT2D eigenvalue weighted by molar-refractivity contribution is 5.67. The molecule has 2 rings (SSSR count). The van der Waals surface area contributed by atoms with Gasteiger partial charge in [0.25, 0.3) is 0 Å². The maximum Gasteiger partial charge on any atom is 0.305 e. The van der Waals surface area contributed by atoms with Crippen molar-refractivity contribution in [3.63, 3.8) is 0 Å². The van der Waals surface area contributed by atoms with Crippen LogP contribution in [-0.2, 0) is 4.79 Å². The van der Waals surface area contributed by atoms with Gasteiger partial charge in [-0.15, -0.1) is 5.10 Å². The van der Waals surface area contributed by atoms with Gasteiger partial charge in [0.15, 0.2) is 5.82 Å². The Morgan fingerprint density at radius 2 is 2.26 bits per heavy atom. The number of carbonyl (C=O) groups is 1. The van der Waals surface area contributed by atoms with Crippen molar-refractivity contribution in [1.82, 2.24) is 20.2 Å². The molecule has 0 amide bonds. The number of tetrazole rings is 1. The van der Waals surface area contributed by atoms with Crippen molar-refractivity contribution >= 4 is 5.97 Å². The fourth-order valence-electron chi connectivity index (χ4n) is 2.08. The molecule has 1 atom stereocenters. The minimum Gasteiger partial charge on any atom is -0.481 e. The van der Waals surface area contributed by atoms with Crippen LogP contribution in [0.4, 0.5) is 0 Å². The highest BCUT2D eigenvalue weighted by atomic mass is 16.4. The third kappa shape index (κ3) is 2.64. The van der Waals surface area contributed by atoms with Gasteiger partial charge in [0, 0.05) is 0 Å². The van der Waals surface area contributed by atoms with Gasteiger partial charge in [0.05, 0.1) is 18.0 Å². The lowest BCUT2D eigenvalue weighted by Gasteiger charge is -2.13. The Bertz CT molecular complexity index is 588. The van der Waals surface area contributed by atoms with E-state index in [0.717, 1.165) is 17.1 Å². The molecule has 0 aliphatic rings. The molecule has 0 spiro atoms. The molecule has 19 heavy (non-hydrogen) atoms. The molecule has 2 aromatic rings. The van der Waals surface area contributed by atoms with Crippen LogP contribution in [0.5, 0.6) is 0 Å². The lowest BCUT2D eigenvalue weighted by Crippen LogP contribution is -2.15.